The molecule has 4 saturated carbocycles. The van der Waals surface area contributed by atoms with E-state index in [-0.39, 0.29) is 23.6 Å². The molecule has 1 aromatic carbocycles. The van der Waals surface area contributed by atoms with Gasteiger partial charge in [-0.25, -0.2) is 0 Å². The highest BCUT2D eigenvalue weighted by atomic mass is 35.5. The molecule has 1 aromatic rings. The van der Waals surface area contributed by atoms with Crippen molar-refractivity contribution in [2.45, 2.75) is 90.8 Å². The van der Waals surface area contributed by atoms with E-state index in [0.29, 0.717) is 33.9 Å². The molecule has 2 atom stereocenters. The third-order valence-electron chi connectivity index (χ3n) is 7.49. The van der Waals surface area contributed by atoms with Crippen LogP contribution >= 0.6 is 11.6 Å². The molecule has 4 bridgehead atoms. The number of hydrogen-bond acceptors (Lipinski definition) is 4. The van der Waals surface area contributed by atoms with E-state index in [1.807, 2.05) is 26.8 Å². The Kier molecular flexibility index (Phi) is 5.99. The van der Waals surface area contributed by atoms with E-state index in [1.165, 1.54) is 38.5 Å². The maximum absolute atomic E-state index is 12.1. The van der Waals surface area contributed by atoms with E-state index in [4.69, 9.17) is 21.1 Å². The lowest BCUT2D eigenvalue weighted by Gasteiger charge is -2.65. The number of carbonyl (C=O) groups excluding carboxylic acids is 1. The summed E-state index contributed by atoms with van der Waals surface area (Å²) in [5.41, 5.74) is 1.84. The maximum Gasteiger partial charge on any atom is 0.258 e. The van der Waals surface area contributed by atoms with Crippen LogP contribution in [0.15, 0.2) is 12.1 Å². The van der Waals surface area contributed by atoms with Gasteiger partial charge in [-0.15, -0.1) is 0 Å². The summed E-state index contributed by atoms with van der Waals surface area (Å²) in [6.07, 6.45) is 7.92. The van der Waals surface area contributed by atoms with Crippen molar-refractivity contribution in [2.75, 3.05) is 13.7 Å². The summed E-state index contributed by atoms with van der Waals surface area (Å²) in [5.74, 6) is 1.75. The van der Waals surface area contributed by atoms with Crippen LogP contribution in [0.4, 0.5) is 0 Å². The van der Waals surface area contributed by atoms with Gasteiger partial charge in [0.05, 0.1) is 7.11 Å². The van der Waals surface area contributed by atoms with Crippen LogP contribution in [0.5, 0.6) is 11.5 Å². The highest BCUT2D eigenvalue weighted by molar-refractivity contribution is 6.31. The highest BCUT2D eigenvalue weighted by Gasteiger charge is 2.59. The lowest BCUT2D eigenvalue weighted by molar-refractivity contribution is -0.124. The van der Waals surface area contributed by atoms with Gasteiger partial charge in [0.25, 0.3) is 5.91 Å². The number of halogens is 1. The molecular weight excluding hydrogens is 424 g/mol. The van der Waals surface area contributed by atoms with Crippen molar-refractivity contribution in [1.82, 2.24) is 10.6 Å². The zero-order chi connectivity index (χ0) is 23.4. The number of rotatable bonds is 7. The Balaban J connectivity index is 1.44. The summed E-state index contributed by atoms with van der Waals surface area (Å²) in [6, 6.07) is 3.71. The smallest absolute Gasteiger partial charge is 0.258 e. The fourth-order valence-electron chi connectivity index (χ4n) is 7.51. The van der Waals surface area contributed by atoms with Crippen LogP contribution in [0, 0.1) is 16.7 Å². The molecule has 6 heteroatoms. The van der Waals surface area contributed by atoms with E-state index in [0.717, 1.165) is 11.5 Å². The molecule has 0 saturated heterocycles. The number of benzene rings is 1. The van der Waals surface area contributed by atoms with Crippen molar-refractivity contribution >= 4 is 17.5 Å². The van der Waals surface area contributed by atoms with E-state index in [9.17, 15) is 4.79 Å². The van der Waals surface area contributed by atoms with Crippen LogP contribution in [0.3, 0.4) is 0 Å². The van der Waals surface area contributed by atoms with Crippen molar-refractivity contribution in [2.24, 2.45) is 16.7 Å². The quantitative estimate of drug-likeness (QED) is 0.563. The third kappa shape index (κ3) is 5.04. The Bertz CT molecular complexity index is 876. The second-order valence-electron chi connectivity index (χ2n) is 12.4. The van der Waals surface area contributed by atoms with Crippen molar-refractivity contribution in [3.63, 3.8) is 0 Å². The normalized spacial score (nSPS) is 33.3. The molecule has 5 nitrogen and oxygen atoms in total. The fourth-order valence-corrected chi connectivity index (χ4v) is 7.73. The second-order valence-corrected chi connectivity index (χ2v) is 12.9. The van der Waals surface area contributed by atoms with Gasteiger partial charge >= 0.3 is 0 Å². The zero-order valence-corrected chi connectivity index (χ0v) is 21.2. The minimum absolute atomic E-state index is 0.0801. The Morgan fingerprint density at radius 3 is 2.31 bits per heavy atom. The lowest BCUT2D eigenvalue weighted by Crippen LogP contribution is -2.63. The Morgan fingerprint density at radius 2 is 1.75 bits per heavy atom. The number of hydrogen-bond donors (Lipinski definition) is 2. The van der Waals surface area contributed by atoms with Gasteiger partial charge in [-0.05, 0) is 87.7 Å². The Morgan fingerprint density at radius 1 is 1.09 bits per heavy atom. The molecule has 4 aliphatic carbocycles. The van der Waals surface area contributed by atoms with Gasteiger partial charge in [0.15, 0.2) is 18.1 Å². The first-order valence-corrected chi connectivity index (χ1v) is 12.2. The van der Waals surface area contributed by atoms with Crippen LogP contribution < -0.4 is 20.1 Å². The Hall–Kier alpha value is -1.46. The van der Waals surface area contributed by atoms with Gasteiger partial charge in [0, 0.05) is 28.7 Å². The third-order valence-corrected chi connectivity index (χ3v) is 7.84. The molecule has 4 aliphatic rings. The molecule has 5 rings (SSSR count). The van der Waals surface area contributed by atoms with Gasteiger partial charge < -0.3 is 20.1 Å². The van der Waals surface area contributed by atoms with Crippen LogP contribution in [0.1, 0.15) is 78.7 Å². The first kappa shape index (κ1) is 23.7. The molecule has 0 aromatic heterocycles. The zero-order valence-electron chi connectivity index (χ0n) is 20.5. The molecule has 0 radical (unpaired) electrons. The van der Waals surface area contributed by atoms with Crippen LogP contribution in [-0.2, 0) is 11.3 Å². The van der Waals surface area contributed by atoms with Crippen molar-refractivity contribution in [1.29, 1.82) is 0 Å². The number of amides is 1. The van der Waals surface area contributed by atoms with Crippen LogP contribution in [-0.4, -0.2) is 30.7 Å². The fraction of sp³-hybridized carbons (Fsp3) is 0.731. The average molecular weight is 463 g/mol. The van der Waals surface area contributed by atoms with E-state index in [1.54, 1.807) is 13.2 Å². The van der Waals surface area contributed by atoms with Gasteiger partial charge in [-0.1, -0.05) is 25.4 Å². The first-order chi connectivity index (χ1) is 14.8. The molecule has 0 spiro atoms. The minimum atomic E-state index is -0.302. The average Bonchev–Trinajstić information content (AvgIpc) is 2.61. The number of methoxy groups -OCH3 is 1. The predicted molar refractivity (Wildman–Crippen MR) is 128 cm³/mol. The van der Waals surface area contributed by atoms with Crippen LogP contribution in [0.25, 0.3) is 0 Å². The summed E-state index contributed by atoms with van der Waals surface area (Å²) in [7, 11) is 1.61. The Labute approximate surface area is 198 Å². The molecule has 0 heterocycles. The topological polar surface area (TPSA) is 59.6 Å². The summed E-state index contributed by atoms with van der Waals surface area (Å²) in [4.78, 5) is 12.1. The molecular formula is C26H39ClN2O3. The molecule has 2 unspecified atom stereocenters. The van der Waals surface area contributed by atoms with Crippen LogP contribution in [0.2, 0.25) is 5.02 Å². The van der Waals surface area contributed by atoms with E-state index < -0.39 is 0 Å². The van der Waals surface area contributed by atoms with Crippen molar-refractivity contribution in [3.8, 4) is 11.5 Å². The summed E-state index contributed by atoms with van der Waals surface area (Å²) in [6.45, 7) is 11.4. The monoisotopic (exact) mass is 462 g/mol. The maximum atomic E-state index is 12.1. The van der Waals surface area contributed by atoms with Gasteiger partial charge in [0.2, 0.25) is 0 Å². The lowest BCUT2D eigenvalue weighted by atomic mass is 9.43. The number of nitrogens with one attached hydrogen (secondary N) is 2. The van der Waals surface area contributed by atoms with Crippen molar-refractivity contribution in [3.05, 3.63) is 22.7 Å². The molecule has 2 N–H and O–H groups in total. The molecule has 1 amide bonds. The summed E-state index contributed by atoms with van der Waals surface area (Å²) in [5, 5.41) is 7.46. The number of ether oxygens (including phenoxy) is 2. The molecule has 32 heavy (non-hydrogen) atoms. The SMILES string of the molecule is COc1cc(CNC23CC4CC(C)(CC(C)(C4)C2)C3)c(Cl)cc1OCC(=O)NC(C)(C)C. The summed E-state index contributed by atoms with van der Waals surface area (Å²) >= 11 is 6.65. The predicted octanol–water partition coefficient (Wildman–Crippen LogP) is 5.48. The minimum Gasteiger partial charge on any atom is -0.493 e. The highest BCUT2D eigenvalue weighted by Crippen LogP contribution is 2.66. The van der Waals surface area contributed by atoms with Gasteiger partial charge in [0.1, 0.15) is 0 Å². The van der Waals surface area contributed by atoms with E-state index >= 15 is 0 Å². The molecule has 178 valence electrons. The van der Waals surface area contributed by atoms with E-state index in [2.05, 4.69) is 24.5 Å². The summed E-state index contributed by atoms with van der Waals surface area (Å²) < 4.78 is 11.3. The standard InChI is InChI=1S/C26H39ClN2O3/c1-23(2,3)29-22(30)13-32-21-8-19(27)18(7-20(21)31-6)12-28-26-11-17-9-24(4,15-26)14-25(5,10-17)16-26/h7-8,17,28H,9-16H2,1-6H3,(H,29,30). The first-order valence-electron chi connectivity index (χ1n) is 11.9. The van der Waals surface area contributed by atoms with Crippen molar-refractivity contribution < 1.29 is 14.3 Å². The number of carbonyl (C=O) groups is 1. The second kappa shape index (κ2) is 8.09. The largest absolute Gasteiger partial charge is 0.493 e. The van der Waals surface area contributed by atoms with Gasteiger partial charge in [-0.2, -0.15) is 0 Å². The molecule has 0 aliphatic heterocycles. The molecule has 4 fully saturated rings. The van der Waals surface area contributed by atoms with Gasteiger partial charge in [-0.3, -0.25) is 4.79 Å².